The molecule has 0 aliphatic carbocycles. The minimum absolute atomic E-state index is 0.0715. The van der Waals surface area contributed by atoms with Crippen molar-refractivity contribution >= 4 is 51.2 Å². The van der Waals surface area contributed by atoms with E-state index in [1.807, 2.05) is 43.0 Å². The summed E-state index contributed by atoms with van der Waals surface area (Å²) in [6.45, 7) is 1.39. The van der Waals surface area contributed by atoms with Crippen LogP contribution in [0, 0.1) is 6.92 Å². The van der Waals surface area contributed by atoms with E-state index in [0.717, 1.165) is 32.7 Å². The molecule has 1 heterocycles. The van der Waals surface area contributed by atoms with Crippen molar-refractivity contribution in [2.45, 2.75) is 17.9 Å². The molecule has 1 amide bonds. The zero-order valence-electron chi connectivity index (χ0n) is 18.9. The van der Waals surface area contributed by atoms with Crippen molar-refractivity contribution in [2.24, 2.45) is 5.10 Å². The summed E-state index contributed by atoms with van der Waals surface area (Å²) in [7, 11) is -4.03. The van der Waals surface area contributed by atoms with Crippen molar-refractivity contribution in [3.63, 3.8) is 0 Å². The van der Waals surface area contributed by atoms with Gasteiger partial charge in [0.2, 0.25) is 0 Å². The maximum Gasteiger partial charge on any atom is 0.264 e. The number of carbonyl (C=O) groups is 1. The molecule has 1 fully saturated rings. The van der Waals surface area contributed by atoms with E-state index in [0.29, 0.717) is 5.02 Å². The summed E-state index contributed by atoms with van der Waals surface area (Å²) in [5.74, 6) is 2.19. The number of anilines is 1. The normalized spacial score (nSPS) is 13.9. The van der Waals surface area contributed by atoms with Crippen LogP contribution in [0.15, 0.2) is 82.8 Å². The molecule has 0 radical (unpaired) electrons. The van der Waals surface area contributed by atoms with Gasteiger partial charge in [0, 0.05) is 16.5 Å². The minimum atomic E-state index is -4.03. The molecule has 0 aromatic heterocycles. The molecule has 182 valence electrons. The number of rotatable bonds is 9. The van der Waals surface area contributed by atoms with Crippen LogP contribution in [-0.4, -0.2) is 44.7 Å². The Bertz CT molecular complexity index is 1310. The number of thioether (sulfide) groups is 1. The average molecular weight is 530 g/mol. The van der Waals surface area contributed by atoms with E-state index >= 15 is 0 Å². The van der Waals surface area contributed by atoms with Gasteiger partial charge in [0.05, 0.1) is 16.8 Å². The smallest absolute Gasteiger partial charge is 0.264 e. The lowest BCUT2D eigenvalue weighted by atomic mass is 10.2. The van der Waals surface area contributed by atoms with Crippen molar-refractivity contribution in [3.8, 4) is 5.75 Å². The van der Waals surface area contributed by atoms with E-state index in [-0.39, 0.29) is 16.7 Å². The highest BCUT2D eigenvalue weighted by Gasteiger charge is 2.27. The molecule has 0 spiro atoms. The predicted molar refractivity (Wildman–Crippen MR) is 141 cm³/mol. The van der Waals surface area contributed by atoms with Gasteiger partial charge in [-0.3, -0.25) is 9.10 Å². The van der Waals surface area contributed by atoms with Gasteiger partial charge >= 0.3 is 0 Å². The molecule has 7 nitrogen and oxygen atoms in total. The zero-order chi connectivity index (χ0) is 24.8. The summed E-state index contributed by atoms with van der Waals surface area (Å²) < 4.78 is 33.6. The first-order valence-electron chi connectivity index (χ1n) is 10.8. The zero-order valence-corrected chi connectivity index (χ0v) is 21.3. The van der Waals surface area contributed by atoms with Crippen LogP contribution in [-0.2, 0) is 14.8 Å². The molecule has 1 saturated heterocycles. The summed E-state index contributed by atoms with van der Waals surface area (Å²) in [5, 5.41) is 4.33. The Morgan fingerprint density at radius 1 is 1.14 bits per heavy atom. The van der Waals surface area contributed by atoms with Crippen molar-refractivity contribution in [3.05, 3.63) is 88.9 Å². The van der Waals surface area contributed by atoms with Gasteiger partial charge < -0.3 is 4.74 Å². The average Bonchev–Trinajstić information content (AvgIpc) is 2.81. The Kier molecular flexibility index (Phi) is 8.00. The van der Waals surface area contributed by atoms with Crippen molar-refractivity contribution in [2.75, 3.05) is 22.4 Å². The van der Waals surface area contributed by atoms with Gasteiger partial charge in [-0.05, 0) is 67.1 Å². The van der Waals surface area contributed by atoms with Crippen LogP contribution in [0.5, 0.6) is 5.75 Å². The molecular formula is C25H24ClN3O4S2. The topological polar surface area (TPSA) is 88.1 Å². The summed E-state index contributed by atoms with van der Waals surface area (Å²) in [4.78, 5) is 12.7. The number of benzene rings is 3. The maximum atomic E-state index is 13.4. The first-order valence-corrected chi connectivity index (χ1v) is 13.8. The predicted octanol–water partition coefficient (Wildman–Crippen LogP) is 4.49. The fourth-order valence-electron chi connectivity index (χ4n) is 3.24. The first kappa shape index (κ1) is 25.1. The Labute approximate surface area is 214 Å². The van der Waals surface area contributed by atoms with Crippen LogP contribution in [0.2, 0.25) is 5.02 Å². The molecule has 1 N–H and O–H groups in total. The van der Waals surface area contributed by atoms with E-state index in [1.165, 1.54) is 24.4 Å². The highest BCUT2D eigenvalue weighted by Crippen LogP contribution is 2.26. The number of sulfonamides is 1. The van der Waals surface area contributed by atoms with E-state index < -0.39 is 22.5 Å². The second kappa shape index (κ2) is 11.2. The van der Waals surface area contributed by atoms with Gasteiger partial charge in [-0.2, -0.15) is 16.9 Å². The standard InChI is InChI=1S/C25H24ClN3O4S2/c1-18-5-11-24(12-6-18)35(31,32)29(21-4-2-3-20(26)13-21)15-25(30)28-27-14-19-7-9-22(10-8-19)33-23-16-34-17-23/h2-14,23H,15-17H2,1H3,(H,28,30)/b27-14+. The van der Waals surface area contributed by atoms with Crippen molar-refractivity contribution in [1.29, 1.82) is 0 Å². The van der Waals surface area contributed by atoms with E-state index in [2.05, 4.69) is 10.5 Å². The molecular weight excluding hydrogens is 506 g/mol. The molecule has 0 unspecified atom stereocenters. The number of nitrogens with zero attached hydrogens (tertiary/aromatic N) is 2. The third-order valence-corrected chi connectivity index (χ3v) is 8.42. The SMILES string of the molecule is Cc1ccc(S(=O)(=O)N(CC(=O)N/N=C/c2ccc(OC3CSC3)cc2)c2cccc(Cl)c2)cc1. The van der Waals surface area contributed by atoms with Gasteiger partial charge in [-0.15, -0.1) is 0 Å². The molecule has 0 saturated carbocycles. The fourth-order valence-corrected chi connectivity index (χ4v) is 5.40. The van der Waals surface area contributed by atoms with Crippen LogP contribution in [0.3, 0.4) is 0 Å². The molecule has 35 heavy (non-hydrogen) atoms. The van der Waals surface area contributed by atoms with Crippen molar-refractivity contribution < 1.29 is 17.9 Å². The summed E-state index contributed by atoms with van der Waals surface area (Å²) >= 11 is 7.94. The quantitative estimate of drug-likeness (QED) is 0.326. The second-order valence-electron chi connectivity index (χ2n) is 7.94. The molecule has 4 rings (SSSR count). The van der Waals surface area contributed by atoms with Crippen LogP contribution in [0.4, 0.5) is 5.69 Å². The van der Waals surface area contributed by atoms with Crippen molar-refractivity contribution in [1.82, 2.24) is 5.43 Å². The fraction of sp³-hybridized carbons (Fsp3) is 0.200. The van der Waals surface area contributed by atoms with Crippen LogP contribution in [0.1, 0.15) is 11.1 Å². The van der Waals surface area contributed by atoms with E-state index in [4.69, 9.17) is 16.3 Å². The van der Waals surface area contributed by atoms with Gasteiger partial charge in [0.1, 0.15) is 18.4 Å². The summed E-state index contributed by atoms with van der Waals surface area (Å²) in [6.07, 6.45) is 1.75. The Morgan fingerprint density at radius 3 is 2.49 bits per heavy atom. The molecule has 10 heteroatoms. The number of amides is 1. The number of halogens is 1. The highest BCUT2D eigenvalue weighted by molar-refractivity contribution is 8.00. The minimum Gasteiger partial charge on any atom is -0.489 e. The summed E-state index contributed by atoms with van der Waals surface area (Å²) in [6, 6.07) is 20.1. The molecule has 1 aliphatic heterocycles. The Hall–Kier alpha value is -3.01. The number of hydrazone groups is 1. The van der Waals surface area contributed by atoms with E-state index in [9.17, 15) is 13.2 Å². The third-order valence-electron chi connectivity index (χ3n) is 5.19. The lowest BCUT2D eigenvalue weighted by Crippen LogP contribution is -2.39. The number of aryl methyl sites for hydroxylation is 1. The number of carbonyl (C=O) groups excluding carboxylic acids is 1. The first-order chi connectivity index (χ1) is 16.8. The monoisotopic (exact) mass is 529 g/mol. The highest BCUT2D eigenvalue weighted by atomic mass is 35.5. The number of ether oxygens (including phenoxy) is 1. The molecule has 1 aliphatic rings. The van der Waals surface area contributed by atoms with Gasteiger partial charge in [0.15, 0.2) is 0 Å². The van der Waals surface area contributed by atoms with E-state index in [1.54, 1.807) is 30.3 Å². The number of hydrogen-bond donors (Lipinski definition) is 1. The van der Waals surface area contributed by atoms with Gasteiger partial charge in [-0.1, -0.05) is 35.4 Å². The number of hydrogen-bond acceptors (Lipinski definition) is 6. The lowest BCUT2D eigenvalue weighted by Gasteiger charge is -2.25. The van der Waals surface area contributed by atoms with Gasteiger partial charge in [0.25, 0.3) is 15.9 Å². The summed E-state index contributed by atoms with van der Waals surface area (Å²) in [5.41, 5.74) is 4.36. The molecule has 0 atom stereocenters. The Morgan fingerprint density at radius 2 is 1.86 bits per heavy atom. The largest absolute Gasteiger partial charge is 0.489 e. The molecule has 3 aromatic carbocycles. The maximum absolute atomic E-state index is 13.4. The molecule has 0 bridgehead atoms. The third kappa shape index (κ3) is 6.56. The lowest BCUT2D eigenvalue weighted by molar-refractivity contribution is -0.119. The molecule has 3 aromatic rings. The second-order valence-corrected chi connectivity index (χ2v) is 11.3. The number of nitrogens with one attached hydrogen (secondary N) is 1. The van der Waals surface area contributed by atoms with Crippen LogP contribution < -0.4 is 14.5 Å². The Balaban J connectivity index is 1.45. The van der Waals surface area contributed by atoms with Crippen LogP contribution in [0.25, 0.3) is 0 Å². The van der Waals surface area contributed by atoms with Gasteiger partial charge in [-0.25, -0.2) is 13.8 Å². The van der Waals surface area contributed by atoms with Crippen LogP contribution >= 0.6 is 23.4 Å².